The Hall–Kier alpha value is -1.55. The van der Waals surface area contributed by atoms with Crippen LogP contribution in [-0.4, -0.2) is 30.7 Å². The van der Waals surface area contributed by atoms with Gasteiger partial charge in [0.25, 0.3) is 5.91 Å². The van der Waals surface area contributed by atoms with Crippen molar-refractivity contribution < 1.29 is 9.90 Å². The molecular formula is C15H24N2O2. The van der Waals surface area contributed by atoms with Crippen LogP contribution < -0.4 is 10.6 Å². The predicted octanol–water partition coefficient (Wildman–Crippen LogP) is 2.18. The monoisotopic (exact) mass is 264 g/mol. The molecule has 19 heavy (non-hydrogen) atoms. The van der Waals surface area contributed by atoms with Gasteiger partial charge in [-0.05, 0) is 37.6 Å². The molecule has 0 bridgehead atoms. The highest BCUT2D eigenvalue weighted by Gasteiger charge is 2.16. The van der Waals surface area contributed by atoms with Crippen LogP contribution in [0.25, 0.3) is 0 Å². The number of rotatable bonds is 6. The van der Waals surface area contributed by atoms with E-state index in [0.29, 0.717) is 18.7 Å². The van der Waals surface area contributed by atoms with Crippen molar-refractivity contribution in [2.45, 2.75) is 27.7 Å². The van der Waals surface area contributed by atoms with Gasteiger partial charge in [-0.15, -0.1) is 0 Å². The molecular weight excluding hydrogens is 240 g/mol. The van der Waals surface area contributed by atoms with Crippen molar-refractivity contribution in [1.82, 2.24) is 5.32 Å². The summed E-state index contributed by atoms with van der Waals surface area (Å²) in [6.45, 7) is 9.31. The Morgan fingerprint density at radius 2 is 2.05 bits per heavy atom. The van der Waals surface area contributed by atoms with E-state index < -0.39 is 0 Å². The SMILES string of the molecule is CCNC(=O)c1ccc(NCC(C)(C)CO)c(C)c1. The standard InChI is InChI=1S/C15H24N2O2/c1-5-16-14(19)12-6-7-13(11(2)8-12)17-9-15(3,4)10-18/h6-8,17-18H,5,9-10H2,1-4H3,(H,16,19). The lowest BCUT2D eigenvalue weighted by molar-refractivity contribution is 0.0956. The Bertz CT molecular complexity index is 442. The molecule has 3 N–H and O–H groups in total. The van der Waals surface area contributed by atoms with Crippen LogP contribution in [0.4, 0.5) is 5.69 Å². The Balaban J connectivity index is 2.75. The molecule has 0 radical (unpaired) electrons. The van der Waals surface area contributed by atoms with Gasteiger partial charge in [0.05, 0.1) is 0 Å². The van der Waals surface area contributed by atoms with Gasteiger partial charge in [-0.25, -0.2) is 0 Å². The Morgan fingerprint density at radius 3 is 2.58 bits per heavy atom. The molecule has 1 aromatic rings. The minimum atomic E-state index is -0.162. The maximum Gasteiger partial charge on any atom is 0.251 e. The summed E-state index contributed by atoms with van der Waals surface area (Å²) in [4.78, 5) is 11.7. The zero-order valence-corrected chi connectivity index (χ0v) is 12.2. The largest absolute Gasteiger partial charge is 0.396 e. The molecule has 4 heteroatoms. The molecule has 0 atom stereocenters. The number of amides is 1. The highest BCUT2D eigenvalue weighted by atomic mass is 16.3. The number of carbonyl (C=O) groups is 1. The molecule has 0 aliphatic rings. The first-order valence-electron chi connectivity index (χ1n) is 6.63. The molecule has 1 amide bonds. The van der Waals surface area contributed by atoms with Crippen LogP contribution in [-0.2, 0) is 0 Å². The number of aliphatic hydroxyl groups is 1. The topological polar surface area (TPSA) is 61.4 Å². The summed E-state index contributed by atoms with van der Waals surface area (Å²) in [5, 5.41) is 15.3. The molecule has 4 nitrogen and oxygen atoms in total. The summed E-state index contributed by atoms with van der Waals surface area (Å²) in [7, 11) is 0. The van der Waals surface area contributed by atoms with Gasteiger partial charge < -0.3 is 15.7 Å². The Labute approximate surface area is 115 Å². The molecule has 0 unspecified atom stereocenters. The summed E-state index contributed by atoms with van der Waals surface area (Å²) in [6, 6.07) is 5.60. The smallest absolute Gasteiger partial charge is 0.251 e. The minimum absolute atomic E-state index is 0.0483. The third-order valence-corrected chi connectivity index (χ3v) is 3.01. The summed E-state index contributed by atoms with van der Waals surface area (Å²) < 4.78 is 0. The van der Waals surface area contributed by atoms with Crippen molar-refractivity contribution in [2.75, 3.05) is 25.0 Å². The van der Waals surface area contributed by atoms with E-state index in [1.165, 1.54) is 0 Å². The highest BCUT2D eigenvalue weighted by molar-refractivity contribution is 5.94. The van der Waals surface area contributed by atoms with Crippen LogP contribution >= 0.6 is 0 Å². The predicted molar refractivity (Wildman–Crippen MR) is 78.5 cm³/mol. The van der Waals surface area contributed by atoms with E-state index in [0.717, 1.165) is 11.3 Å². The molecule has 0 heterocycles. The van der Waals surface area contributed by atoms with E-state index >= 15 is 0 Å². The zero-order valence-electron chi connectivity index (χ0n) is 12.2. The number of benzene rings is 1. The first-order chi connectivity index (χ1) is 8.89. The van der Waals surface area contributed by atoms with Crippen LogP contribution in [0.1, 0.15) is 36.7 Å². The molecule has 0 aromatic heterocycles. The van der Waals surface area contributed by atoms with Crippen molar-refractivity contribution in [3.8, 4) is 0 Å². The number of nitrogens with one attached hydrogen (secondary N) is 2. The average Bonchev–Trinajstić information content (AvgIpc) is 2.37. The fraction of sp³-hybridized carbons (Fsp3) is 0.533. The molecule has 0 aliphatic carbocycles. The van der Waals surface area contributed by atoms with Gasteiger partial charge >= 0.3 is 0 Å². The average molecular weight is 264 g/mol. The van der Waals surface area contributed by atoms with E-state index in [4.69, 9.17) is 0 Å². The number of aliphatic hydroxyl groups excluding tert-OH is 1. The van der Waals surface area contributed by atoms with E-state index in [2.05, 4.69) is 10.6 Å². The number of anilines is 1. The Kier molecular flexibility index (Phi) is 5.36. The minimum Gasteiger partial charge on any atom is -0.396 e. The number of hydrogen-bond donors (Lipinski definition) is 3. The summed E-state index contributed by atoms with van der Waals surface area (Å²) in [5.74, 6) is -0.0483. The van der Waals surface area contributed by atoms with Crippen molar-refractivity contribution in [3.63, 3.8) is 0 Å². The second kappa shape index (κ2) is 6.57. The zero-order chi connectivity index (χ0) is 14.5. The van der Waals surface area contributed by atoms with Gasteiger partial charge in [0, 0.05) is 36.4 Å². The molecule has 1 aromatic carbocycles. The van der Waals surface area contributed by atoms with Crippen LogP contribution in [0.2, 0.25) is 0 Å². The second-order valence-electron chi connectivity index (χ2n) is 5.57. The lowest BCUT2D eigenvalue weighted by Gasteiger charge is -2.23. The van der Waals surface area contributed by atoms with Gasteiger partial charge in [0.2, 0.25) is 0 Å². The van der Waals surface area contributed by atoms with Gasteiger partial charge in [0.15, 0.2) is 0 Å². The first-order valence-corrected chi connectivity index (χ1v) is 6.63. The molecule has 0 aliphatic heterocycles. The van der Waals surface area contributed by atoms with Crippen molar-refractivity contribution in [3.05, 3.63) is 29.3 Å². The van der Waals surface area contributed by atoms with Crippen LogP contribution in [0.5, 0.6) is 0 Å². The van der Waals surface area contributed by atoms with Crippen LogP contribution in [0, 0.1) is 12.3 Å². The third kappa shape index (κ3) is 4.56. The molecule has 0 spiro atoms. The maximum atomic E-state index is 11.7. The molecule has 0 saturated carbocycles. The van der Waals surface area contributed by atoms with E-state index in [9.17, 15) is 9.90 Å². The normalized spacial score (nSPS) is 11.2. The fourth-order valence-electron chi connectivity index (χ4n) is 1.66. The fourth-order valence-corrected chi connectivity index (χ4v) is 1.66. The van der Waals surface area contributed by atoms with Gasteiger partial charge in [-0.3, -0.25) is 4.79 Å². The van der Waals surface area contributed by atoms with Crippen molar-refractivity contribution in [2.24, 2.45) is 5.41 Å². The van der Waals surface area contributed by atoms with Gasteiger partial charge in [-0.2, -0.15) is 0 Å². The highest BCUT2D eigenvalue weighted by Crippen LogP contribution is 2.20. The quantitative estimate of drug-likeness (QED) is 0.738. The van der Waals surface area contributed by atoms with Crippen molar-refractivity contribution >= 4 is 11.6 Å². The van der Waals surface area contributed by atoms with Crippen molar-refractivity contribution in [1.29, 1.82) is 0 Å². The number of aryl methyl sites for hydroxylation is 1. The van der Waals surface area contributed by atoms with E-state index in [-0.39, 0.29) is 17.9 Å². The lowest BCUT2D eigenvalue weighted by atomic mass is 9.94. The van der Waals surface area contributed by atoms with E-state index in [1.807, 2.05) is 45.9 Å². The molecule has 1 rings (SSSR count). The number of hydrogen-bond acceptors (Lipinski definition) is 3. The number of carbonyl (C=O) groups excluding carboxylic acids is 1. The van der Waals surface area contributed by atoms with Gasteiger partial charge in [-0.1, -0.05) is 13.8 Å². The third-order valence-electron chi connectivity index (χ3n) is 3.01. The second-order valence-corrected chi connectivity index (χ2v) is 5.57. The van der Waals surface area contributed by atoms with Crippen LogP contribution in [0.15, 0.2) is 18.2 Å². The molecule has 106 valence electrons. The Morgan fingerprint density at radius 1 is 1.37 bits per heavy atom. The first kappa shape index (κ1) is 15.5. The van der Waals surface area contributed by atoms with Gasteiger partial charge in [0.1, 0.15) is 0 Å². The van der Waals surface area contributed by atoms with Crippen LogP contribution in [0.3, 0.4) is 0 Å². The molecule has 0 saturated heterocycles. The summed E-state index contributed by atoms with van der Waals surface area (Å²) >= 11 is 0. The maximum absolute atomic E-state index is 11.7. The summed E-state index contributed by atoms with van der Waals surface area (Å²) in [5.41, 5.74) is 2.53. The van der Waals surface area contributed by atoms with E-state index in [1.54, 1.807) is 0 Å². The molecule has 0 fully saturated rings. The summed E-state index contributed by atoms with van der Waals surface area (Å²) in [6.07, 6.45) is 0. The lowest BCUT2D eigenvalue weighted by Crippen LogP contribution is -2.27.